The van der Waals surface area contributed by atoms with E-state index < -0.39 is 0 Å². The van der Waals surface area contributed by atoms with Crippen molar-refractivity contribution in [2.24, 2.45) is 16.7 Å². The van der Waals surface area contributed by atoms with Crippen molar-refractivity contribution in [3.8, 4) is 22.8 Å². The van der Waals surface area contributed by atoms with E-state index in [1.54, 1.807) is 0 Å². The van der Waals surface area contributed by atoms with E-state index in [9.17, 15) is 5.11 Å². The second-order valence-electron chi connectivity index (χ2n) is 13.7. The lowest BCUT2D eigenvalue weighted by atomic mass is 9.73. The minimum atomic E-state index is -0.0412. The molecule has 236 valence electrons. The Labute approximate surface area is 265 Å². The zero-order chi connectivity index (χ0) is 31.6. The lowest BCUT2D eigenvalue weighted by Gasteiger charge is -2.41. The van der Waals surface area contributed by atoms with Gasteiger partial charge in [-0.25, -0.2) is 0 Å². The standard InChI is InChI=1S/C31H40ClN3O2.C6H14/c1-5-7-28(36)31(14-6-2)15-17-35(18-16-31)21-23-8-10-24(11-9-23)29-33-30(37-34-29)26-13-12-25(19-22(3)4)27(32)20-26;1-5-6(2,3)4/h7-13,20,22,36H,5-6,14-19,21H2,1-4H3;5H2,1-4H3/b28-7+;. The van der Waals surface area contributed by atoms with Gasteiger partial charge in [-0.05, 0) is 85.9 Å². The Morgan fingerprint density at radius 1 is 1.05 bits per heavy atom. The molecule has 1 aliphatic heterocycles. The number of halogens is 1. The van der Waals surface area contributed by atoms with Gasteiger partial charge in [-0.3, -0.25) is 4.90 Å². The maximum absolute atomic E-state index is 10.7. The van der Waals surface area contributed by atoms with Crippen molar-refractivity contribution in [3.05, 3.63) is 70.4 Å². The third-order valence-electron chi connectivity index (χ3n) is 8.52. The van der Waals surface area contributed by atoms with Crippen molar-refractivity contribution in [1.29, 1.82) is 0 Å². The first-order valence-corrected chi connectivity index (χ1v) is 16.6. The zero-order valence-corrected chi connectivity index (χ0v) is 28.6. The smallest absolute Gasteiger partial charge is 0.258 e. The third-order valence-corrected chi connectivity index (χ3v) is 8.87. The topological polar surface area (TPSA) is 62.4 Å². The third kappa shape index (κ3) is 10.2. The number of rotatable bonds is 10. The first-order chi connectivity index (χ1) is 20.4. The Balaban J connectivity index is 0.000000765. The molecule has 6 heteroatoms. The maximum Gasteiger partial charge on any atom is 0.258 e. The molecule has 1 aliphatic rings. The van der Waals surface area contributed by atoms with Crippen LogP contribution in [-0.4, -0.2) is 33.2 Å². The summed E-state index contributed by atoms with van der Waals surface area (Å²) in [6.45, 7) is 20.5. The summed E-state index contributed by atoms with van der Waals surface area (Å²) < 4.78 is 5.56. The second kappa shape index (κ2) is 15.9. The summed E-state index contributed by atoms with van der Waals surface area (Å²) in [6, 6.07) is 14.4. The van der Waals surface area contributed by atoms with Crippen molar-refractivity contribution < 1.29 is 9.63 Å². The number of hydrogen-bond donors (Lipinski definition) is 1. The second-order valence-corrected chi connectivity index (χ2v) is 14.1. The molecule has 0 saturated carbocycles. The number of allylic oxidation sites excluding steroid dienone is 2. The first-order valence-electron chi connectivity index (χ1n) is 16.2. The molecule has 2 aromatic carbocycles. The summed E-state index contributed by atoms with van der Waals surface area (Å²) in [7, 11) is 0. The van der Waals surface area contributed by atoms with E-state index in [0.717, 1.165) is 79.9 Å². The van der Waals surface area contributed by atoms with Crippen LogP contribution in [0.25, 0.3) is 22.8 Å². The Kier molecular flexibility index (Phi) is 12.9. The zero-order valence-electron chi connectivity index (χ0n) is 27.8. The van der Waals surface area contributed by atoms with Gasteiger partial charge < -0.3 is 9.63 Å². The molecule has 2 heterocycles. The molecular formula is C37H54ClN3O2. The molecule has 0 spiro atoms. The molecule has 3 aromatic rings. The molecule has 1 saturated heterocycles. The molecule has 1 fully saturated rings. The van der Waals surface area contributed by atoms with Crippen LogP contribution in [0.1, 0.15) is 105 Å². The molecule has 0 unspecified atom stereocenters. The summed E-state index contributed by atoms with van der Waals surface area (Å²) in [5.74, 6) is 2.20. The summed E-state index contributed by atoms with van der Waals surface area (Å²) in [4.78, 5) is 7.10. The van der Waals surface area contributed by atoms with E-state index >= 15 is 0 Å². The molecule has 0 aliphatic carbocycles. The summed E-state index contributed by atoms with van der Waals surface area (Å²) in [6.07, 6.45) is 9.27. The van der Waals surface area contributed by atoms with Crippen LogP contribution in [0.3, 0.4) is 0 Å². The van der Waals surface area contributed by atoms with Gasteiger partial charge in [0.15, 0.2) is 0 Å². The van der Waals surface area contributed by atoms with Crippen LogP contribution in [-0.2, 0) is 13.0 Å². The SMILES string of the molecule is CC/C=C(/O)C1(CCC)CCN(Cc2ccc(-c3noc(-c4ccc(CC(C)C)c(Cl)c4)n3)cc2)CC1.CCC(C)(C)C. The predicted octanol–water partition coefficient (Wildman–Crippen LogP) is 10.9. The highest BCUT2D eigenvalue weighted by Crippen LogP contribution is 2.42. The molecule has 0 radical (unpaired) electrons. The number of aliphatic hydroxyl groups excluding tert-OH is 1. The van der Waals surface area contributed by atoms with Gasteiger partial charge in [0.05, 0.1) is 5.76 Å². The van der Waals surface area contributed by atoms with Crippen LogP contribution in [0.4, 0.5) is 0 Å². The number of likely N-dealkylation sites (tertiary alicyclic amines) is 1. The number of aliphatic hydroxyl groups is 1. The fourth-order valence-corrected chi connectivity index (χ4v) is 5.68. The van der Waals surface area contributed by atoms with Gasteiger partial charge in [-0.15, -0.1) is 0 Å². The van der Waals surface area contributed by atoms with Crippen LogP contribution in [0, 0.1) is 16.7 Å². The van der Waals surface area contributed by atoms with E-state index in [1.807, 2.05) is 24.3 Å². The van der Waals surface area contributed by atoms with Crippen LogP contribution >= 0.6 is 11.6 Å². The fraction of sp³-hybridized carbons (Fsp3) is 0.568. The monoisotopic (exact) mass is 607 g/mol. The highest BCUT2D eigenvalue weighted by Gasteiger charge is 2.37. The Morgan fingerprint density at radius 3 is 2.21 bits per heavy atom. The van der Waals surface area contributed by atoms with Gasteiger partial charge in [0, 0.05) is 28.1 Å². The van der Waals surface area contributed by atoms with E-state index in [-0.39, 0.29) is 5.41 Å². The maximum atomic E-state index is 10.7. The predicted molar refractivity (Wildman–Crippen MR) is 181 cm³/mol. The largest absolute Gasteiger partial charge is 0.512 e. The van der Waals surface area contributed by atoms with Crippen molar-refractivity contribution in [1.82, 2.24) is 15.0 Å². The van der Waals surface area contributed by atoms with Gasteiger partial charge in [0.1, 0.15) is 0 Å². The Morgan fingerprint density at radius 2 is 1.67 bits per heavy atom. The van der Waals surface area contributed by atoms with Crippen LogP contribution in [0.2, 0.25) is 5.02 Å². The number of aromatic nitrogens is 2. The molecule has 0 bridgehead atoms. The Hall–Kier alpha value is -2.63. The molecule has 5 nitrogen and oxygen atoms in total. The summed E-state index contributed by atoms with van der Waals surface area (Å²) in [5, 5.41) is 15.7. The van der Waals surface area contributed by atoms with Crippen molar-refractivity contribution in [3.63, 3.8) is 0 Å². The normalized spacial score (nSPS) is 15.8. The highest BCUT2D eigenvalue weighted by atomic mass is 35.5. The van der Waals surface area contributed by atoms with E-state index in [1.165, 1.54) is 12.0 Å². The van der Waals surface area contributed by atoms with E-state index in [4.69, 9.17) is 16.1 Å². The van der Waals surface area contributed by atoms with Crippen LogP contribution < -0.4 is 0 Å². The number of hydrogen-bond acceptors (Lipinski definition) is 5. The van der Waals surface area contributed by atoms with Crippen molar-refractivity contribution in [2.75, 3.05) is 13.1 Å². The number of piperidine rings is 1. The van der Waals surface area contributed by atoms with Crippen molar-refractivity contribution >= 4 is 11.6 Å². The molecule has 4 rings (SSSR count). The fourth-order valence-electron chi connectivity index (χ4n) is 5.42. The van der Waals surface area contributed by atoms with Gasteiger partial charge >= 0.3 is 0 Å². The number of nitrogens with zero attached hydrogens (tertiary/aromatic N) is 3. The van der Waals surface area contributed by atoms with Crippen LogP contribution in [0.5, 0.6) is 0 Å². The van der Waals surface area contributed by atoms with Gasteiger partial charge in [0.25, 0.3) is 5.89 Å². The minimum absolute atomic E-state index is 0.0412. The quantitative estimate of drug-likeness (QED) is 0.232. The summed E-state index contributed by atoms with van der Waals surface area (Å²) in [5.41, 5.74) is 4.65. The molecule has 1 aromatic heterocycles. The molecule has 0 amide bonds. The first kappa shape index (κ1) is 34.9. The molecule has 43 heavy (non-hydrogen) atoms. The van der Waals surface area contributed by atoms with Crippen LogP contribution in [0.15, 0.2) is 58.8 Å². The average molecular weight is 608 g/mol. The van der Waals surface area contributed by atoms with Gasteiger partial charge in [0.2, 0.25) is 5.82 Å². The lowest BCUT2D eigenvalue weighted by molar-refractivity contribution is 0.0804. The van der Waals surface area contributed by atoms with Crippen molar-refractivity contribution in [2.45, 2.75) is 107 Å². The van der Waals surface area contributed by atoms with Gasteiger partial charge in [-0.1, -0.05) is 115 Å². The molecular weight excluding hydrogens is 554 g/mol. The Bertz CT molecular complexity index is 1300. The molecule has 1 N–H and O–H groups in total. The summed E-state index contributed by atoms with van der Waals surface area (Å²) >= 11 is 6.50. The minimum Gasteiger partial charge on any atom is -0.512 e. The average Bonchev–Trinajstić information content (AvgIpc) is 3.46. The lowest BCUT2D eigenvalue weighted by Crippen LogP contribution is -2.40. The molecule has 0 atom stereocenters. The van der Waals surface area contributed by atoms with E-state index in [2.05, 4.69) is 94.7 Å². The van der Waals surface area contributed by atoms with E-state index in [0.29, 0.717) is 28.8 Å². The van der Waals surface area contributed by atoms with Gasteiger partial charge in [-0.2, -0.15) is 4.98 Å². The number of benzene rings is 2. The highest BCUT2D eigenvalue weighted by molar-refractivity contribution is 6.31.